The minimum Gasteiger partial charge on any atom is -0.381 e. The van der Waals surface area contributed by atoms with E-state index in [4.69, 9.17) is 23.2 Å². The number of hydrogen-bond acceptors (Lipinski definition) is 2. The predicted octanol–water partition coefficient (Wildman–Crippen LogP) is 4.63. The van der Waals surface area contributed by atoms with Crippen LogP contribution in [0.2, 0.25) is 10.0 Å². The number of H-pyrrole nitrogens is 1. The third-order valence-corrected chi connectivity index (χ3v) is 3.61. The number of hydrogen-bond donors (Lipinski definition) is 2. The third-order valence-electron chi connectivity index (χ3n) is 2.87. The smallest absolute Gasteiger partial charge is 0.0612 e. The summed E-state index contributed by atoms with van der Waals surface area (Å²) >= 11 is 11.9. The van der Waals surface area contributed by atoms with E-state index in [-0.39, 0.29) is 5.41 Å². The predicted molar refractivity (Wildman–Crippen MR) is 81.1 cm³/mol. The number of rotatable bonds is 3. The lowest BCUT2D eigenvalue weighted by Gasteiger charge is -2.18. The molecule has 3 nitrogen and oxygen atoms in total. The van der Waals surface area contributed by atoms with E-state index < -0.39 is 0 Å². The van der Waals surface area contributed by atoms with Gasteiger partial charge in [-0.3, -0.25) is 5.10 Å². The van der Waals surface area contributed by atoms with Crippen LogP contribution in [0.5, 0.6) is 0 Å². The van der Waals surface area contributed by atoms with Crippen molar-refractivity contribution in [2.75, 3.05) is 5.32 Å². The Hall–Kier alpha value is -1.19. The Bertz CT molecular complexity index is 570. The maximum atomic E-state index is 5.99. The Kier molecular flexibility index (Phi) is 4.07. The lowest BCUT2D eigenvalue weighted by atomic mass is 9.89. The van der Waals surface area contributed by atoms with Crippen LogP contribution in [0.15, 0.2) is 24.4 Å². The molecular formula is C14H17Cl2N3. The van der Waals surface area contributed by atoms with Gasteiger partial charge in [-0.2, -0.15) is 5.10 Å². The molecule has 0 saturated carbocycles. The lowest BCUT2D eigenvalue weighted by molar-refractivity contribution is 0.561. The van der Waals surface area contributed by atoms with Crippen molar-refractivity contribution in [1.82, 2.24) is 10.2 Å². The molecule has 0 radical (unpaired) electrons. The van der Waals surface area contributed by atoms with Crippen LogP contribution in [-0.4, -0.2) is 10.2 Å². The van der Waals surface area contributed by atoms with Crippen molar-refractivity contribution in [3.8, 4) is 0 Å². The van der Waals surface area contributed by atoms with Crippen LogP contribution in [0.1, 0.15) is 32.0 Å². The SMILES string of the molecule is CC(C)(C)c1[nH]ncc1CNc1ccc(Cl)c(Cl)c1. The Morgan fingerprint density at radius 1 is 1.21 bits per heavy atom. The third kappa shape index (κ3) is 3.43. The fourth-order valence-corrected chi connectivity index (χ4v) is 2.20. The standard InChI is InChI=1S/C14H17Cl2N3/c1-14(2,3)13-9(8-18-19-13)7-17-10-4-5-11(15)12(16)6-10/h4-6,8,17H,7H2,1-3H3,(H,18,19). The molecule has 0 aliphatic carbocycles. The van der Waals surface area contributed by atoms with Crippen LogP contribution in [0.3, 0.4) is 0 Å². The molecule has 1 aromatic carbocycles. The first-order valence-corrected chi connectivity index (χ1v) is 6.85. The van der Waals surface area contributed by atoms with Crippen molar-refractivity contribution in [3.05, 3.63) is 45.7 Å². The van der Waals surface area contributed by atoms with E-state index in [2.05, 4.69) is 36.3 Å². The number of anilines is 1. The molecule has 102 valence electrons. The first kappa shape index (κ1) is 14.2. The summed E-state index contributed by atoms with van der Waals surface area (Å²) < 4.78 is 0. The van der Waals surface area contributed by atoms with Gasteiger partial charge in [-0.15, -0.1) is 0 Å². The van der Waals surface area contributed by atoms with Crippen molar-refractivity contribution in [2.45, 2.75) is 32.7 Å². The lowest BCUT2D eigenvalue weighted by Crippen LogP contribution is -2.15. The molecule has 0 fully saturated rings. The molecule has 0 unspecified atom stereocenters. The monoisotopic (exact) mass is 297 g/mol. The van der Waals surface area contributed by atoms with E-state index >= 15 is 0 Å². The van der Waals surface area contributed by atoms with Gasteiger partial charge in [-0.25, -0.2) is 0 Å². The summed E-state index contributed by atoms with van der Waals surface area (Å²) in [6, 6.07) is 5.51. The van der Waals surface area contributed by atoms with E-state index in [1.165, 1.54) is 0 Å². The Balaban J connectivity index is 2.11. The van der Waals surface area contributed by atoms with Crippen LogP contribution in [0, 0.1) is 0 Å². The maximum Gasteiger partial charge on any atom is 0.0612 e. The second-order valence-electron chi connectivity index (χ2n) is 5.50. The van der Waals surface area contributed by atoms with Crippen molar-refractivity contribution in [2.24, 2.45) is 0 Å². The van der Waals surface area contributed by atoms with Crippen molar-refractivity contribution >= 4 is 28.9 Å². The van der Waals surface area contributed by atoms with E-state index in [9.17, 15) is 0 Å². The minimum absolute atomic E-state index is 0.0468. The number of halogens is 2. The zero-order valence-corrected chi connectivity index (χ0v) is 12.7. The summed E-state index contributed by atoms with van der Waals surface area (Å²) in [6.07, 6.45) is 1.85. The molecule has 19 heavy (non-hydrogen) atoms. The zero-order valence-electron chi connectivity index (χ0n) is 11.2. The topological polar surface area (TPSA) is 40.7 Å². The Morgan fingerprint density at radius 3 is 2.58 bits per heavy atom. The Labute approximate surface area is 123 Å². The average Bonchev–Trinajstić information content (AvgIpc) is 2.79. The summed E-state index contributed by atoms with van der Waals surface area (Å²) in [4.78, 5) is 0. The molecule has 5 heteroatoms. The van der Waals surface area contributed by atoms with Gasteiger partial charge in [-0.1, -0.05) is 44.0 Å². The average molecular weight is 298 g/mol. The minimum atomic E-state index is 0.0468. The number of benzene rings is 1. The molecular weight excluding hydrogens is 281 g/mol. The molecule has 0 aliphatic rings. The van der Waals surface area contributed by atoms with E-state index in [0.717, 1.165) is 16.9 Å². The number of nitrogens with zero attached hydrogens (tertiary/aromatic N) is 1. The molecule has 0 spiro atoms. The zero-order chi connectivity index (χ0) is 14.0. The van der Waals surface area contributed by atoms with Crippen LogP contribution >= 0.6 is 23.2 Å². The molecule has 0 saturated heterocycles. The van der Waals surface area contributed by atoms with Crippen LogP contribution in [0.4, 0.5) is 5.69 Å². The van der Waals surface area contributed by atoms with Gasteiger partial charge in [0, 0.05) is 28.9 Å². The van der Waals surface area contributed by atoms with Crippen LogP contribution in [0.25, 0.3) is 0 Å². The first-order valence-electron chi connectivity index (χ1n) is 6.09. The van der Waals surface area contributed by atoms with Gasteiger partial charge in [0.1, 0.15) is 0 Å². The van der Waals surface area contributed by atoms with E-state index in [1.807, 2.05) is 18.3 Å². The molecule has 1 aromatic heterocycles. The normalized spacial score (nSPS) is 11.6. The van der Waals surface area contributed by atoms with Crippen molar-refractivity contribution in [1.29, 1.82) is 0 Å². The van der Waals surface area contributed by atoms with Gasteiger partial charge in [-0.05, 0) is 18.2 Å². The number of aromatic nitrogens is 2. The molecule has 1 heterocycles. The van der Waals surface area contributed by atoms with Crippen LogP contribution < -0.4 is 5.32 Å². The highest BCUT2D eigenvalue weighted by Gasteiger charge is 2.19. The summed E-state index contributed by atoms with van der Waals surface area (Å²) in [5.41, 5.74) is 3.28. The van der Waals surface area contributed by atoms with Gasteiger partial charge in [0.2, 0.25) is 0 Å². The number of nitrogens with one attached hydrogen (secondary N) is 2. The largest absolute Gasteiger partial charge is 0.381 e. The van der Waals surface area contributed by atoms with E-state index in [0.29, 0.717) is 16.6 Å². The van der Waals surface area contributed by atoms with Crippen molar-refractivity contribution in [3.63, 3.8) is 0 Å². The fraction of sp³-hybridized carbons (Fsp3) is 0.357. The molecule has 0 atom stereocenters. The molecule has 2 N–H and O–H groups in total. The molecule has 2 aromatic rings. The van der Waals surface area contributed by atoms with E-state index in [1.54, 1.807) is 6.07 Å². The summed E-state index contributed by atoms with van der Waals surface area (Å²) in [5.74, 6) is 0. The van der Waals surface area contributed by atoms with Gasteiger partial charge in [0.15, 0.2) is 0 Å². The molecule has 0 amide bonds. The number of aromatic amines is 1. The summed E-state index contributed by atoms with van der Waals surface area (Å²) in [7, 11) is 0. The Morgan fingerprint density at radius 2 is 1.95 bits per heavy atom. The van der Waals surface area contributed by atoms with Gasteiger partial charge in [0.25, 0.3) is 0 Å². The summed E-state index contributed by atoms with van der Waals surface area (Å²) in [6.45, 7) is 7.16. The molecule has 0 aliphatic heterocycles. The maximum absolute atomic E-state index is 5.99. The quantitative estimate of drug-likeness (QED) is 0.867. The highest BCUT2D eigenvalue weighted by Crippen LogP contribution is 2.27. The van der Waals surface area contributed by atoms with Crippen LogP contribution in [-0.2, 0) is 12.0 Å². The molecule has 2 rings (SSSR count). The first-order chi connectivity index (χ1) is 8.88. The fourth-order valence-electron chi connectivity index (χ4n) is 1.90. The highest BCUT2D eigenvalue weighted by atomic mass is 35.5. The van der Waals surface area contributed by atoms with Gasteiger partial charge < -0.3 is 5.32 Å². The van der Waals surface area contributed by atoms with Gasteiger partial charge in [0.05, 0.1) is 16.2 Å². The molecule has 0 bridgehead atoms. The summed E-state index contributed by atoms with van der Waals surface area (Å²) in [5, 5.41) is 11.6. The van der Waals surface area contributed by atoms with Gasteiger partial charge >= 0.3 is 0 Å². The second kappa shape index (κ2) is 5.43. The highest BCUT2D eigenvalue weighted by molar-refractivity contribution is 6.42. The second-order valence-corrected chi connectivity index (χ2v) is 6.32. The van der Waals surface area contributed by atoms with Crippen molar-refractivity contribution < 1.29 is 0 Å².